The number of para-hydroxylation sites is 1. The minimum atomic E-state index is -0.305. The van der Waals surface area contributed by atoms with Crippen LogP contribution in [0, 0.1) is 6.92 Å². The van der Waals surface area contributed by atoms with Crippen LogP contribution >= 0.6 is 0 Å². The summed E-state index contributed by atoms with van der Waals surface area (Å²) >= 11 is 0. The molecule has 2 amide bonds. The van der Waals surface area contributed by atoms with Crippen LogP contribution in [0.3, 0.4) is 0 Å². The van der Waals surface area contributed by atoms with Gasteiger partial charge in [-0.25, -0.2) is 15.0 Å². The van der Waals surface area contributed by atoms with Gasteiger partial charge in [0.1, 0.15) is 30.0 Å². The van der Waals surface area contributed by atoms with Crippen LogP contribution in [0.1, 0.15) is 35.3 Å². The summed E-state index contributed by atoms with van der Waals surface area (Å²) in [6.07, 6.45) is 7.09. The molecule has 0 spiro atoms. The van der Waals surface area contributed by atoms with E-state index in [9.17, 15) is 9.59 Å². The third kappa shape index (κ3) is 5.36. The van der Waals surface area contributed by atoms with Crippen molar-refractivity contribution in [1.82, 2.24) is 29.4 Å². The number of benzene rings is 1. The highest BCUT2D eigenvalue weighted by molar-refractivity contribution is 6.04. The fourth-order valence-corrected chi connectivity index (χ4v) is 4.36. The third-order valence-electron chi connectivity index (χ3n) is 6.13. The number of nitrogens with zero attached hydrogens (tertiary/aromatic N) is 5. The Morgan fingerprint density at radius 1 is 1.26 bits per heavy atom. The number of aryl methyl sites for hydroxylation is 2. The van der Waals surface area contributed by atoms with Gasteiger partial charge >= 0.3 is 0 Å². The van der Waals surface area contributed by atoms with Gasteiger partial charge in [-0.1, -0.05) is 12.6 Å². The molecule has 0 saturated carbocycles. The monoisotopic (exact) mass is 515 g/mol. The first-order valence-electron chi connectivity index (χ1n) is 12.5. The van der Waals surface area contributed by atoms with E-state index in [0.29, 0.717) is 59.9 Å². The molecule has 196 valence electrons. The highest BCUT2D eigenvalue weighted by Gasteiger charge is 2.19. The minimum Gasteiger partial charge on any atom is -0.489 e. The Morgan fingerprint density at radius 2 is 2.16 bits per heavy atom. The zero-order valence-electron chi connectivity index (χ0n) is 21.1. The van der Waals surface area contributed by atoms with Gasteiger partial charge in [0.2, 0.25) is 17.7 Å². The van der Waals surface area contributed by atoms with Crippen molar-refractivity contribution in [3.05, 3.63) is 66.8 Å². The number of carbonyl (C=O) groups is 2. The quantitative estimate of drug-likeness (QED) is 0.308. The van der Waals surface area contributed by atoms with Gasteiger partial charge in [-0.05, 0) is 56.5 Å². The minimum absolute atomic E-state index is 0.256. The first-order valence-corrected chi connectivity index (χ1v) is 12.5. The van der Waals surface area contributed by atoms with Gasteiger partial charge in [-0.2, -0.15) is 0 Å². The van der Waals surface area contributed by atoms with Gasteiger partial charge in [-0.15, -0.1) is 0 Å². The van der Waals surface area contributed by atoms with Crippen molar-refractivity contribution in [2.45, 2.75) is 32.7 Å². The van der Waals surface area contributed by atoms with Gasteiger partial charge < -0.3 is 19.4 Å². The topological polar surface area (TPSA) is 125 Å². The Bertz CT molecular complexity index is 1490. The Kier molecular flexibility index (Phi) is 7.34. The average Bonchev–Trinajstić information content (AvgIpc) is 3.52. The summed E-state index contributed by atoms with van der Waals surface area (Å²) in [6, 6.07) is 9.03. The number of hydrogen-bond acceptors (Lipinski definition) is 7. The van der Waals surface area contributed by atoms with Crippen molar-refractivity contribution in [2.24, 2.45) is 0 Å². The highest BCUT2D eigenvalue weighted by atomic mass is 16.5. The normalized spacial score (nSPS) is 13.8. The Labute approximate surface area is 219 Å². The highest BCUT2D eigenvalue weighted by Crippen LogP contribution is 2.30. The van der Waals surface area contributed by atoms with E-state index < -0.39 is 0 Å². The molecule has 11 nitrogen and oxygen atoms in total. The lowest BCUT2D eigenvalue weighted by Crippen LogP contribution is -2.26. The molecule has 1 aromatic carbocycles. The number of nitrogens with one attached hydrogen (secondary N) is 2. The number of rotatable bonds is 5. The summed E-state index contributed by atoms with van der Waals surface area (Å²) in [7, 11) is 0. The van der Waals surface area contributed by atoms with Crippen molar-refractivity contribution in [3.63, 3.8) is 0 Å². The molecule has 3 aromatic heterocycles. The molecule has 1 aliphatic rings. The van der Waals surface area contributed by atoms with Crippen LogP contribution in [0.25, 0.3) is 16.9 Å². The maximum absolute atomic E-state index is 13.4. The molecule has 0 atom stereocenters. The number of anilines is 1. The maximum Gasteiger partial charge on any atom is 0.258 e. The number of carbonyl (C=O) groups excluding carboxylic acids is 2. The van der Waals surface area contributed by atoms with Gasteiger partial charge in [0, 0.05) is 17.8 Å². The van der Waals surface area contributed by atoms with Gasteiger partial charge in [-0.3, -0.25) is 19.5 Å². The fourth-order valence-electron chi connectivity index (χ4n) is 4.36. The Morgan fingerprint density at radius 3 is 3.03 bits per heavy atom. The second-order valence-corrected chi connectivity index (χ2v) is 8.88. The van der Waals surface area contributed by atoms with Crippen LogP contribution in [0.2, 0.25) is 0 Å². The van der Waals surface area contributed by atoms with Crippen molar-refractivity contribution >= 4 is 28.8 Å². The first kappa shape index (κ1) is 25.0. The van der Waals surface area contributed by atoms with Crippen LogP contribution < -0.4 is 20.1 Å². The number of imidazole rings is 2. The largest absolute Gasteiger partial charge is 0.489 e. The molecule has 0 radical (unpaired) electrons. The molecule has 0 unspecified atom stereocenters. The van der Waals surface area contributed by atoms with Gasteiger partial charge in [0.05, 0.1) is 24.9 Å². The van der Waals surface area contributed by atoms with Crippen molar-refractivity contribution in [2.75, 3.05) is 25.1 Å². The van der Waals surface area contributed by atoms with E-state index in [1.165, 1.54) is 6.08 Å². The standard InChI is InChI=1S/C27H29N7O4/c1-3-23(35)29-10-13-37-21-9-7-8-20-25(21)33-11-5-4-6-12-38-24-16-28-17-34(24)22-15-19(14-18(2)30-22)26(36)32-27(33)31-20/h3,7-9,14-17H,1,4-6,10-13H2,2H3,(H,29,35)(H,31,32,36). The summed E-state index contributed by atoms with van der Waals surface area (Å²) in [4.78, 5) is 38.4. The number of amides is 2. The molecule has 38 heavy (non-hydrogen) atoms. The number of hydrogen-bond donors (Lipinski definition) is 2. The molecule has 2 N–H and O–H groups in total. The lowest BCUT2D eigenvalue weighted by molar-refractivity contribution is -0.116. The molecule has 11 heteroatoms. The third-order valence-corrected chi connectivity index (χ3v) is 6.13. The molecule has 0 aliphatic carbocycles. The summed E-state index contributed by atoms with van der Waals surface area (Å²) < 4.78 is 15.7. The SMILES string of the molecule is C=CC(=O)NCCOc1cccc2nc3n(c12)CCCCCOc1cncn1-c1cc(cc(C)n1)C(=O)N3. The van der Waals surface area contributed by atoms with E-state index in [1.807, 2.05) is 29.7 Å². The zero-order chi connectivity index (χ0) is 26.5. The predicted octanol–water partition coefficient (Wildman–Crippen LogP) is 3.42. The van der Waals surface area contributed by atoms with E-state index in [1.54, 1.807) is 29.2 Å². The second-order valence-electron chi connectivity index (χ2n) is 8.88. The van der Waals surface area contributed by atoms with E-state index in [2.05, 4.69) is 27.2 Å². The Hall–Kier alpha value is -4.67. The van der Waals surface area contributed by atoms with Crippen molar-refractivity contribution in [1.29, 1.82) is 0 Å². The van der Waals surface area contributed by atoms with Crippen LogP contribution in [-0.4, -0.2) is 55.7 Å². The summed E-state index contributed by atoms with van der Waals surface area (Å²) in [6.45, 7) is 7.05. The summed E-state index contributed by atoms with van der Waals surface area (Å²) in [5.74, 6) is 1.62. The van der Waals surface area contributed by atoms with Crippen LogP contribution in [0.15, 0.2) is 55.5 Å². The lowest BCUT2D eigenvalue weighted by atomic mass is 10.2. The van der Waals surface area contributed by atoms with Crippen molar-refractivity contribution < 1.29 is 19.1 Å². The molecule has 1 aliphatic heterocycles. The zero-order valence-corrected chi connectivity index (χ0v) is 21.1. The van der Waals surface area contributed by atoms with Crippen LogP contribution in [0.5, 0.6) is 11.6 Å². The number of ether oxygens (including phenoxy) is 2. The molecule has 4 heterocycles. The van der Waals surface area contributed by atoms with Gasteiger partial charge in [0.25, 0.3) is 5.91 Å². The van der Waals surface area contributed by atoms with E-state index in [0.717, 1.165) is 24.8 Å². The van der Waals surface area contributed by atoms with E-state index in [4.69, 9.17) is 14.5 Å². The molecular weight excluding hydrogens is 486 g/mol. The number of fused-ring (bicyclic) bond motifs is 7. The summed E-state index contributed by atoms with van der Waals surface area (Å²) in [5, 5.41) is 5.70. The Balaban J connectivity index is 1.49. The lowest BCUT2D eigenvalue weighted by Gasteiger charge is -2.13. The fraction of sp³-hybridized carbons (Fsp3) is 0.296. The molecule has 0 saturated heterocycles. The van der Waals surface area contributed by atoms with Gasteiger partial charge in [0.15, 0.2) is 0 Å². The molecule has 0 fully saturated rings. The van der Waals surface area contributed by atoms with Crippen LogP contribution in [0.4, 0.5) is 5.95 Å². The summed E-state index contributed by atoms with van der Waals surface area (Å²) in [5.41, 5.74) is 2.61. The number of aromatic nitrogens is 5. The van der Waals surface area contributed by atoms with E-state index in [-0.39, 0.29) is 18.4 Å². The number of pyridine rings is 1. The molecule has 4 aromatic rings. The van der Waals surface area contributed by atoms with Crippen molar-refractivity contribution in [3.8, 4) is 17.4 Å². The maximum atomic E-state index is 13.4. The smallest absolute Gasteiger partial charge is 0.258 e. The average molecular weight is 516 g/mol. The molecular formula is C27H29N7O4. The predicted molar refractivity (Wildman–Crippen MR) is 142 cm³/mol. The second kappa shape index (κ2) is 11.2. The first-order chi connectivity index (χ1) is 18.5. The molecule has 2 bridgehead atoms. The molecule has 5 rings (SSSR count). The van der Waals surface area contributed by atoms with E-state index >= 15 is 0 Å². The van der Waals surface area contributed by atoms with Crippen LogP contribution in [-0.2, 0) is 11.3 Å².